The zero-order valence-electron chi connectivity index (χ0n) is 9.37. The van der Waals surface area contributed by atoms with Gasteiger partial charge < -0.3 is 10.6 Å². The Labute approximate surface area is 111 Å². The van der Waals surface area contributed by atoms with Crippen LogP contribution in [0.4, 0.5) is 0 Å². The van der Waals surface area contributed by atoms with Crippen LogP contribution in [-0.4, -0.2) is 25.0 Å². The Morgan fingerprint density at radius 2 is 2.12 bits per heavy atom. The first-order valence-corrected chi connectivity index (χ1v) is 6.49. The van der Waals surface area contributed by atoms with Gasteiger partial charge in [0.15, 0.2) is 0 Å². The Bertz CT molecular complexity index is 419. The summed E-state index contributed by atoms with van der Waals surface area (Å²) in [5.74, 6) is -0.113. The predicted octanol–water partition coefficient (Wildman–Crippen LogP) is 2.11. The molecule has 0 atom stereocenters. The number of hydrogen-bond acceptors (Lipinski definition) is 3. The highest BCUT2D eigenvalue weighted by molar-refractivity contribution is 7.80. The number of amides is 1. The molecule has 1 saturated heterocycles. The molecule has 1 heterocycles. The highest BCUT2D eigenvalue weighted by Gasteiger charge is 2.17. The molecule has 0 aliphatic carbocycles. The number of rotatable bonds is 2. The van der Waals surface area contributed by atoms with Gasteiger partial charge in [0, 0.05) is 10.9 Å². The van der Waals surface area contributed by atoms with E-state index in [-0.39, 0.29) is 11.9 Å². The minimum atomic E-state index is -0.113. The van der Waals surface area contributed by atoms with E-state index in [1.165, 1.54) is 0 Å². The molecule has 17 heavy (non-hydrogen) atoms. The molecular formula is C12H15ClN2OS. The van der Waals surface area contributed by atoms with Crippen molar-refractivity contribution >= 4 is 30.1 Å². The number of benzene rings is 1. The summed E-state index contributed by atoms with van der Waals surface area (Å²) in [5, 5.41) is 6.73. The maximum atomic E-state index is 12.0. The Hall–Kier alpha value is -0.710. The van der Waals surface area contributed by atoms with E-state index in [0.717, 1.165) is 30.8 Å². The molecule has 1 aromatic carbocycles. The van der Waals surface area contributed by atoms with Gasteiger partial charge >= 0.3 is 0 Å². The summed E-state index contributed by atoms with van der Waals surface area (Å²) >= 11 is 10.2. The van der Waals surface area contributed by atoms with E-state index in [0.29, 0.717) is 10.6 Å². The van der Waals surface area contributed by atoms with Crippen molar-refractivity contribution in [2.24, 2.45) is 0 Å². The normalized spacial score (nSPS) is 16.8. The molecule has 0 bridgehead atoms. The van der Waals surface area contributed by atoms with Gasteiger partial charge in [-0.25, -0.2) is 0 Å². The molecule has 2 rings (SSSR count). The zero-order valence-corrected chi connectivity index (χ0v) is 11.0. The maximum absolute atomic E-state index is 12.0. The van der Waals surface area contributed by atoms with Crippen molar-refractivity contribution in [2.45, 2.75) is 23.8 Å². The lowest BCUT2D eigenvalue weighted by molar-refractivity contribution is 0.0929. The molecule has 3 nitrogen and oxygen atoms in total. The largest absolute Gasteiger partial charge is 0.349 e. The van der Waals surface area contributed by atoms with E-state index in [1.54, 1.807) is 18.2 Å². The highest BCUT2D eigenvalue weighted by atomic mass is 35.5. The Kier molecular flexibility index (Phi) is 4.31. The third kappa shape index (κ3) is 3.37. The first-order chi connectivity index (χ1) is 8.16. The molecule has 0 unspecified atom stereocenters. The quantitative estimate of drug-likeness (QED) is 0.721. The molecule has 1 aromatic rings. The minimum Gasteiger partial charge on any atom is -0.349 e. The minimum absolute atomic E-state index is 0.113. The molecule has 1 aliphatic heterocycles. The summed E-state index contributed by atoms with van der Waals surface area (Å²) in [6.45, 7) is 1.90. The number of halogens is 1. The second-order valence-corrected chi connectivity index (χ2v) is 5.09. The zero-order chi connectivity index (χ0) is 12.3. The highest BCUT2D eigenvalue weighted by Crippen LogP contribution is 2.20. The van der Waals surface area contributed by atoms with Crippen LogP contribution in [0.5, 0.6) is 0 Å². The van der Waals surface area contributed by atoms with Crippen LogP contribution < -0.4 is 10.6 Å². The number of hydrogen-bond donors (Lipinski definition) is 3. The van der Waals surface area contributed by atoms with Gasteiger partial charge in [0.2, 0.25) is 0 Å². The van der Waals surface area contributed by atoms with E-state index in [1.807, 2.05) is 0 Å². The summed E-state index contributed by atoms with van der Waals surface area (Å²) in [7, 11) is 0. The van der Waals surface area contributed by atoms with Crippen LogP contribution in [0.15, 0.2) is 23.1 Å². The van der Waals surface area contributed by atoms with E-state index in [2.05, 4.69) is 23.3 Å². The second-order valence-electron chi connectivity index (χ2n) is 4.16. The molecule has 5 heteroatoms. The van der Waals surface area contributed by atoms with Crippen molar-refractivity contribution in [3.8, 4) is 0 Å². The number of nitrogens with one attached hydrogen (secondary N) is 2. The Morgan fingerprint density at radius 1 is 1.41 bits per heavy atom. The van der Waals surface area contributed by atoms with E-state index in [4.69, 9.17) is 11.6 Å². The van der Waals surface area contributed by atoms with Crippen LogP contribution in [0, 0.1) is 0 Å². The number of carbonyl (C=O) groups is 1. The van der Waals surface area contributed by atoms with Crippen LogP contribution in [0.1, 0.15) is 23.2 Å². The summed E-state index contributed by atoms with van der Waals surface area (Å²) in [5.41, 5.74) is 0.498. The van der Waals surface area contributed by atoms with Crippen LogP contribution in [0.25, 0.3) is 0 Å². The monoisotopic (exact) mass is 270 g/mol. The molecule has 1 fully saturated rings. The molecule has 0 radical (unpaired) electrons. The van der Waals surface area contributed by atoms with Crippen molar-refractivity contribution in [1.82, 2.24) is 10.6 Å². The fraction of sp³-hybridized carbons (Fsp3) is 0.417. The lowest BCUT2D eigenvalue weighted by Crippen LogP contribution is -2.42. The Balaban J connectivity index is 2.05. The molecule has 0 spiro atoms. The van der Waals surface area contributed by atoms with E-state index in [9.17, 15) is 4.79 Å². The summed E-state index contributed by atoms with van der Waals surface area (Å²) in [6, 6.07) is 5.40. The third-order valence-electron chi connectivity index (χ3n) is 2.87. The summed E-state index contributed by atoms with van der Waals surface area (Å²) in [4.78, 5) is 12.8. The standard InChI is InChI=1S/C12H15ClN2OS/c13-11-2-1-9(17)7-10(11)12(16)15-8-3-5-14-6-4-8/h1-2,7-8,14,17H,3-6H2,(H,15,16). The van der Waals surface area contributed by atoms with Gasteiger partial charge in [-0.2, -0.15) is 0 Å². The van der Waals surface area contributed by atoms with Crippen LogP contribution in [0.2, 0.25) is 5.02 Å². The van der Waals surface area contributed by atoms with Gasteiger partial charge in [-0.15, -0.1) is 12.6 Å². The van der Waals surface area contributed by atoms with E-state index >= 15 is 0 Å². The van der Waals surface area contributed by atoms with Gasteiger partial charge in [-0.3, -0.25) is 4.79 Å². The number of piperidine rings is 1. The Morgan fingerprint density at radius 3 is 2.82 bits per heavy atom. The molecule has 0 saturated carbocycles. The molecule has 1 amide bonds. The smallest absolute Gasteiger partial charge is 0.253 e. The summed E-state index contributed by atoms with van der Waals surface area (Å²) < 4.78 is 0. The first-order valence-electron chi connectivity index (χ1n) is 5.67. The van der Waals surface area contributed by atoms with Gasteiger partial charge in [0.25, 0.3) is 5.91 Å². The van der Waals surface area contributed by atoms with Crippen LogP contribution in [0.3, 0.4) is 0 Å². The molecule has 92 valence electrons. The van der Waals surface area contributed by atoms with Crippen molar-refractivity contribution in [3.05, 3.63) is 28.8 Å². The number of carbonyl (C=O) groups excluding carboxylic acids is 1. The molecule has 1 aliphatic rings. The van der Waals surface area contributed by atoms with Gasteiger partial charge in [-0.1, -0.05) is 11.6 Å². The van der Waals surface area contributed by atoms with Crippen molar-refractivity contribution in [3.63, 3.8) is 0 Å². The first kappa shape index (κ1) is 12.7. The molecule has 0 aromatic heterocycles. The second kappa shape index (κ2) is 5.76. The average molecular weight is 271 g/mol. The van der Waals surface area contributed by atoms with Crippen molar-refractivity contribution in [2.75, 3.05) is 13.1 Å². The topological polar surface area (TPSA) is 41.1 Å². The summed E-state index contributed by atoms with van der Waals surface area (Å²) in [6.07, 6.45) is 1.92. The maximum Gasteiger partial charge on any atom is 0.253 e. The number of thiol groups is 1. The lowest BCUT2D eigenvalue weighted by atomic mass is 10.1. The fourth-order valence-corrected chi connectivity index (χ4v) is 2.32. The SMILES string of the molecule is O=C(NC1CCNCC1)c1cc(S)ccc1Cl. The predicted molar refractivity (Wildman–Crippen MR) is 72.1 cm³/mol. The average Bonchev–Trinajstić information content (AvgIpc) is 2.33. The third-order valence-corrected chi connectivity index (χ3v) is 3.48. The molecule has 2 N–H and O–H groups in total. The van der Waals surface area contributed by atoms with Crippen LogP contribution >= 0.6 is 24.2 Å². The fourth-order valence-electron chi connectivity index (χ4n) is 1.92. The van der Waals surface area contributed by atoms with Gasteiger partial charge in [0.1, 0.15) is 0 Å². The van der Waals surface area contributed by atoms with E-state index < -0.39 is 0 Å². The van der Waals surface area contributed by atoms with Crippen molar-refractivity contribution in [1.29, 1.82) is 0 Å². The molecular weight excluding hydrogens is 256 g/mol. The van der Waals surface area contributed by atoms with Crippen LogP contribution in [-0.2, 0) is 0 Å². The van der Waals surface area contributed by atoms with Gasteiger partial charge in [0.05, 0.1) is 10.6 Å². The lowest BCUT2D eigenvalue weighted by Gasteiger charge is -2.23. The van der Waals surface area contributed by atoms with Crippen molar-refractivity contribution < 1.29 is 4.79 Å². The van der Waals surface area contributed by atoms with Gasteiger partial charge in [-0.05, 0) is 44.1 Å².